The van der Waals surface area contributed by atoms with Crippen LogP contribution in [0.15, 0.2) is 4.99 Å². The monoisotopic (exact) mass is 154 g/mol. The van der Waals surface area contributed by atoms with E-state index >= 15 is 0 Å². The summed E-state index contributed by atoms with van der Waals surface area (Å²) in [7, 11) is 0. The Labute approximate surface area is 66.2 Å². The zero-order chi connectivity index (χ0) is 8.32. The number of nitrogens with zero attached hydrogens (tertiary/aromatic N) is 1. The highest BCUT2D eigenvalue weighted by atomic mass is 15.0. The molecular formula is C7H14N4. The number of rotatable bonds is 1. The van der Waals surface area contributed by atoms with Crippen LogP contribution >= 0.6 is 0 Å². The number of hydrogen-bond donors (Lipinski definition) is 3. The minimum Gasteiger partial charge on any atom is -0.313 e. The molecule has 1 aliphatic carbocycles. The van der Waals surface area contributed by atoms with Gasteiger partial charge in [-0.2, -0.15) is 0 Å². The summed E-state index contributed by atoms with van der Waals surface area (Å²) in [5.74, 6) is 0. The van der Waals surface area contributed by atoms with Crippen LogP contribution in [-0.2, 0) is 0 Å². The average Bonchev–Trinajstić information content (AvgIpc) is 1.94. The molecule has 0 radical (unpaired) electrons. The van der Waals surface area contributed by atoms with E-state index in [4.69, 9.17) is 16.9 Å². The quantitative estimate of drug-likeness (QED) is 0.374. The fraction of sp³-hybridized carbons (Fsp3) is 0.857. The third-order valence-electron chi connectivity index (χ3n) is 2.13. The molecule has 0 spiro atoms. The largest absolute Gasteiger partial charge is 0.313 e. The molecule has 11 heavy (non-hydrogen) atoms. The summed E-state index contributed by atoms with van der Waals surface area (Å²) in [4.78, 5) is 3.85. The first-order valence-electron chi connectivity index (χ1n) is 3.83. The van der Waals surface area contributed by atoms with Gasteiger partial charge in [0, 0.05) is 0 Å². The Morgan fingerprint density at radius 1 is 1.36 bits per heavy atom. The summed E-state index contributed by atoms with van der Waals surface area (Å²) in [6, 6.07) is 2.29. The first-order chi connectivity index (χ1) is 5.14. The van der Waals surface area contributed by atoms with E-state index in [0.29, 0.717) is 0 Å². The maximum Gasteiger partial charge on any atom is 0.0864 e. The lowest BCUT2D eigenvalue weighted by atomic mass is 9.87. The van der Waals surface area contributed by atoms with E-state index in [2.05, 4.69) is 11.0 Å². The molecule has 0 unspecified atom stereocenters. The van der Waals surface area contributed by atoms with Crippen molar-refractivity contribution in [3.8, 4) is 0 Å². The summed E-state index contributed by atoms with van der Waals surface area (Å²) in [5.41, 5.74) is 10.9. The maximum atomic E-state index is 6.66. The summed E-state index contributed by atoms with van der Waals surface area (Å²) in [6.45, 7) is 0. The summed E-state index contributed by atoms with van der Waals surface area (Å²) in [6.07, 6.45) is 3.36. The van der Waals surface area contributed by atoms with Crippen molar-refractivity contribution in [2.24, 2.45) is 16.5 Å². The minimum absolute atomic E-state index is 0.229. The molecule has 0 amide bonds. The second-order valence-corrected chi connectivity index (χ2v) is 3.21. The lowest BCUT2D eigenvalue weighted by Crippen LogP contribution is -2.52. The van der Waals surface area contributed by atoms with Gasteiger partial charge in [-0.1, -0.05) is 0 Å². The Bertz CT molecular complexity index is 171. The van der Waals surface area contributed by atoms with Crippen molar-refractivity contribution in [1.82, 2.24) is 0 Å². The molecule has 1 rings (SSSR count). The van der Waals surface area contributed by atoms with Gasteiger partial charge in [0.25, 0.3) is 0 Å². The highest BCUT2D eigenvalue weighted by molar-refractivity contribution is 5.36. The second kappa shape index (κ2) is 3.13. The van der Waals surface area contributed by atoms with Crippen LogP contribution in [0.5, 0.6) is 0 Å². The Kier molecular flexibility index (Phi) is 2.39. The Morgan fingerprint density at radius 3 is 2.36 bits per heavy atom. The first kappa shape index (κ1) is 8.40. The molecular weight excluding hydrogens is 140 g/mol. The van der Waals surface area contributed by atoms with Crippen LogP contribution in [0, 0.1) is 5.41 Å². The SMILES string of the molecule is N=C=NC1CCC(N)(N)CC1. The van der Waals surface area contributed by atoms with Crippen LogP contribution < -0.4 is 11.5 Å². The van der Waals surface area contributed by atoms with Gasteiger partial charge in [-0.25, -0.2) is 10.4 Å². The molecule has 4 heteroatoms. The van der Waals surface area contributed by atoms with Gasteiger partial charge in [0.1, 0.15) is 0 Å². The van der Waals surface area contributed by atoms with Gasteiger partial charge in [0.2, 0.25) is 0 Å². The van der Waals surface area contributed by atoms with Crippen molar-refractivity contribution in [3.05, 3.63) is 0 Å². The summed E-state index contributed by atoms with van der Waals surface area (Å²) in [5, 5.41) is 6.66. The first-order valence-corrected chi connectivity index (χ1v) is 3.83. The smallest absolute Gasteiger partial charge is 0.0864 e. The maximum absolute atomic E-state index is 6.66. The van der Waals surface area contributed by atoms with Crippen molar-refractivity contribution in [3.63, 3.8) is 0 Å². The Balaban J connectivity index is 2.42. The molecule has 1 fully saturated rings. The van der Waals surface area contributed by atoms with Crippen LogP contribution in [0.1, 0.15) is 25.7 Å². The predicted octanol–water partition coefficient (Wildman–Crippen LogP) is 0.295. The Morgan fingerprint density at radius 2 is 1.91 bits per heavy atom. The zero-order valence-corrected chi connectivity index (χ0v) is 6.51. The molecule has 0 saturated heterocycles. The van der Waals surface area contributed by atoms with Gasteiger partial charge in [-0.15, -0.1) is 0 Å². The van der Waals surface area contributed by atoms with Crippen LogP contribution in [0.4, 0.5) is 0 Å². The van der Waals surface area contributed by atoms with E-state index in [-0.39, 0.29) is 6.04 Å². The standard InChI is InChI=1S/C7H14N4/c8-5-11-6-1-3-7(9,10)4-2-6/h6,8H,1-4,9-10H2. The number of aliphatic imine (C=N–C) groups is 1. The van der Waals surface area contributed by atoms with E-state index in [9.17, 15) is 0 Å². The predicted molar refractivity (Wildman–Crippen MR) is 43.5 cm³/mol. The molecule has 0 bridgehead atoms. The van der Waals surface area contributed by atoms with Crippen molar-refractivity contribution in [2.45, 2.75) is 37.4 Å². The number of nitrogens with one attached hydrogen (secondary N) is 1. The molecule has 4 nitrogen and oxygen atoms in total. The molecule has 5 N–H and O–H groups in total. The van der Waals surface area contributed by atoms with E-state index in [1.165, 1.54) is 0 Å². The van der Waals surface area contributed by atoms with Gasteiger partial charge in [0.05, 0.1) is 17.7 Å². The van der Waals surface area contributed by atoms with Gasteiger partial charge in [-0.05, 0) is 25.7 Å². The molecule has 1 aliphatic rings. The topological polar surface area (TPSA) is 88.2 Å². The fourth-order valence-electron chi connectivity index (χ4n) is 1.36. The van der Waals surface area contributed by atoms with Crippen LogP contribution in [0.2, 0.25) is 0 Å². The number of nitrogens with two attached hydrogens (primary N) is 2. The molecule has 0 heterocycles. The minimum atomic E-state index is -0.492. The van der Waals surface area contributed by atoms with Gasteiger partial charge < -0.3 is 11.5 Å². The van der Waals surface area contributed by atoms with Gasteiger partial charge in [0.15, 0.2) is 0 Å². The van der Waals surface area contributed by atoms with E-state index < -0.39 is 5.66 Å². The summed E-state index contributed by atoms with van der Waals surface area (Å²) < 4.78 is 0. The van der Waals surface area contributed by atoms with Crippen LogP contribution in [0.25, 0.3) is 0 Å². The lowest BCUT2D eigenvalue weighted by molar-refractivity contribution is 0.283. The lowest BCUT2D eigenvalue weighted by Gasteiger charge is -2.31. The molecule has 0 aromatic carbocycles. The van der Waals surface area contributed by atoms with Crippen molar-refractivity contribution < 1.29 is 0 Å². The second-order valence-electron chi connectivity index (χ2n) is 3.21. The van der Waals surface area contributed by atoms with E-state index in [1.54, 1.807) is 0 Å². The molecule has 0 aliphatic heterocycles. The van der Waals surface area contributed by atoms with Crippen molar-refractivity contribution in [2.75, 3.05) is 0 Å². The molecule has 62 valence electrons. The summed E-state index contributed by atoms with van der Waals surface area (Å²) >= 11 is 0. The zero-order valence-electron chi connectivity index (χ0n) is 6.51. The molecule has 0 aromatic rings. The van der Waals surface area contributed by atoms with Crippen molar-refractivity contribution in [1.29, 1.82) is 5.41 Å². The van der Waals surface area contributed by atoms with Crippen LogP contribution in [-0.4, -0.2) is 17.7 Å². The van der Waals surface area contributed by atoms with Crippen LogP contribution in [0.3, 0.4) is 0 Å². The highest BCUT2D eigenvalue weighted by Crippen LogP contribution is 2.23. The Hall–Kier alpha value is -0.700. The molecule has 1 saturated carbocycles. The average molecular weight is 154 g/mol. The third kappa shape index (κ3) is 2.42. The van der Waals surface area contributed by atoms with Gasteiger partial charge in [-0.3, -0.25) is 0 Å². The molecule has 0 atom stereocenters. The highest BCUT2D eigenvalue weighted by Gasteiger charge is 2.27. The van der Waals surface area contributed by atoms with Gasteiger partial charge >= 0.3 is 0 Å². The molecule has 0 aromatic heterocycles. The van der Waals surface area contributed by atoms with E-state index in [0.717, 1.165) is 25.7 Å². The van der Waals surface area contributed by atoms with Crippen molar-refractivity contribution >= 4 is 6.01 Å². The third-order valence-corrected chi connectivity index (χ3v) is 2.13. The number of hydrogen-bond acceptors (Lipinski definition) is 4. The van der Waals surface area contributed by atoms with E-state index in [1.807, 2.05) is 0 Å². The normalized spacial score (nSPS) is 24.2. The fourth-order valence-corrected chi connectivity index (χ4v) is 1.36.